The summed E-state index contributed by atoms with van der Waals surface area (Å²) in [6, 6.07) is 7.00. The van der Waals surface area contributed by atoms with Gasteiger partial charge in [0.15, 0.2) is 0 Å². The summed E-state index contributed by atoms with van der Waals surface area (Å²) in [6.45, 7) is 1.86. The van der Waals surface area contributed by atoms with Crippen LogP contribution in [0.15, 0.2) is 24.3 Å². The zero-order chi connectivity index (χ0) is 10.1. The second-order valence-corrected chi connectivity index (χ2v) is 3.49. The maximum absolute atomic E-state index is 11.4. The van der Waals surface area contributed by atoms with Crippen LogP contribution < -0.4 is 15.8 Å². The highest BCUT2D eigenvalue weighted by atomic mass is 35.5. The third-order valence-corrected chi connectivity index (χ3v) is 2.28. The molecule has 1 heterocycles. The van der Waals surface area contributed by atoms with Crippen molar-refractivity contribution in [1.29, 1.82) is 0 Å². The number of hydrogen-bond donors (Lipinski definition) is 2. The third kappa shape index (κ3) is 1.54. The van der Waals surface area contributed by atoms with Crippen LogP contribution in [-0.4, -0.2) is 12.2 Å². The summed E-state index contributed by atoms with van der Waals surface area (Å²) in [7, 11) is 0. The molecule has 1 fully saturated rings. The van der Waals surface area contributed by atoms with Gasteiger partial charge in [0.25, 0.3) is 0 Å². The molecule has 0 aromatic heterocycles. The van der Waals surface area contributed by atoms with Crippen LogP contribution in [0.1, 0.15) is 6.92 Å². The van der Waals surface area contributed by atoms with Crippen molar-refractivity contribution >= 4 is 23.3 Å². The first-order valence-corrected chi connectivity index (χ1v) is 4.67. The second kappa shape index (κ2) is 3.48. The Balaban J connectivity index is 2.32. The number of nitrogens with one attached hydrogen (secondary N) is 2. The maximum atomic E-state index is 11.4. The minimum atomic E-state index is -0.189. The van der Waals surface area contributed by atoms with Crippen LogP contribution in [-0.2, 0) is 0 Å². The largest absolute Gasteiger partial charge is 0.337 e. The quantitative estimate of drug-likeness (QED) is 0.743. The Morgan fingerprint density at radius 3 is 2.71 bits per heavy atom. The molecular formula is C9H10ClN3O. The predicted octanol–water partition coefficient (Wildman–Crippen LogP) is 1.72. The van der Waals surface area contributed by atoms with Gasteiger partial charge in [-0.05, 0) is 19.1 Å². The van der Waals surface area contributed by atoms with E-state index < -0.39 is 0 Å². The van der Waals surface area contributed by atoms with E-state index in [-0.39, 0.29) is 12.2 Å². The Kier molecular flexibility index (Phi) is 2.31. The number of carbonyl (C=O) groups excluding carboxylic acids is 1. The van der Waals surface area contributed by atoms with Crippen molar-refractivity contribution in [2.24, 2.45) is 0 Å². The van der Waals surface area contributed by atoms with Crippen LogP contribution >= 0.6 is 11.6 Å². The van der Waals surface area contributed by atoms with Gasteiger partial charge in [-0.25, -0.2) is 15.2 Å². The molecule has 4 nitrogen and oxygen atoms in total. The summed E-state index contributed by atoms with van der Waals surface area (Å²) in [5.41, 5.74) is 3.61. The number of carbonyl (C=O) groups is 1. The van der Waals surface area contributed by atoms with Gasteiger partial charge in [-0.2, -0.15) is 0 Å². The lowest BCUT2D eigenvalue weighted by atomic mass is 10.3. The van der Waals surface area contributed by atoms with Crippen molar-refractivity contribution in [3.05, 3.63) is 29.3 Å². The summed E-state index contributed by atoms with van der Waals surface area (Å²) in [4.78, 5) is 11.4. The number of anilines is 1. The molecular weight excluding hydrogens is 202 g/mol. The number of halogens is 1. The molecule has 14 heavy (non-hydrogen) atoms. The number of urea groups is 1. The first-order chi connectivity index (χ1) is 6.68. The highest BCUT2D eigenvalue weighted by molar-refractivity contribution is 6.33. The molecule has 0 spiro atoms. The van der Waals surface area contributed by atoms with E-state index in [1.54, 1.807) is 12.1 Å². The molecule has 1 aromatic rings. The summed E-state index contributed by atoms with van der Waals surface area (Å²) in [6.07, 6.45) is -0.0706. The van der Waals surface area contributed by atoms with Crippen molar-refractivity contribution < 1.29 is 4.79 Å². The van der Waals surface area contributed by atoms with E-state index in [0.717, 1.165) is 0 Å². The van der Waals surface area contributed by atoms with Gasteiger partial charge in [-0.3, -0.25) is 0 Å². The van der Waals surface area contributed by atoms with E-state index in [9.17, 15) is 4.79 Å². The normalized spacial score (nSPS) is 21.1. The standard InChI is InChI=1S/C9H10ClN3O/c1-6-11-9(14)13(12-6)8-5-3-2-4-7(8)10/h2-6,12H,1H3,(H,11,14). The summed E-state index contributed by atoms with van der Waals surface area (Å²) in [5.74, 6) is 0. The average molecular weight is 212 g/mol. The zero-order valence-corrected chi connectivity index (χ0v) is 8.38. The SMILES string of the molecule is CC1NC(=O)N(c2ccccc2Cl)N1. The molecule has 1 aliphatic heterocycles. The fourth-order valence-corrected chi connectivity index (χ4v) is 1.57. The van der Waals surface area contributed by atoms with Crippen LogP contribution in [0.25, 0.3) is 0 Å². The molecule has 0 saturated carbocycles. The van der Waals surface area contributed by atoms with Gasteiger partial charge >= 0.3 is 6.03 Å². The number of rotatable bonds is 1. The van der Waals surface area contributed by atoms with Crippen LogP contribution in [0.4, 0.5) is 10.5 Å². The van der Waals surface area contributed by atoms with E-state index in [0.29, 0.717) is 10.7 Å². The highest BCUT2D eigenvalue weighted by Gasteiger charge is 2.27. The van der Waals surface area contributed by atoms with E-state index in [2.05, 4.69) is 10.7 Å². The number of hydrazine groups is 1. The second-order valence-electron chi connectivity index (χ2n) is 3.09. The highest BCUT2D eigenvalue weighted by Crippen LogP contribution is 2.25. The molecule has 1 atom stereocenters. The van der Waals surface area contributed by atoms with Crippen LogP contribution in [0.2, 0.25) is 5.02 Å². The summed E-state index contributed by atoms with van der Waals surface area (Å²) >= 11 is 5.96. The van der Waals surface area contributed by atoms with Gasteiger partial charge in [-0.1, -0.05) is 23.7 Å². The van der Waals surface area contributed by atoms with Crippen molar-refractivity contribution in [2.75, 3.05) is 5.01 Å². The van der Waals surface area contributed by atoms with Gasteiger partial charge < -0.3 is 5.32 Å². The topological polar surface area (TPSA) is 44.4 Å². The first-order valence-electron chi connectivity index (χ1n) is 4.30. The average Bonchev–Trinajstić information content (AvgIpc) is 2.46. The molecule has 0 bridgehead atoms. The molecule has 5 heteroatoms. The lowest BCUT2D eigenvalue weighted by Gasteiger charge is -2.15. The maximum Gasteiger partial charge on any atom is 0.337 e. The number of amides is 2. The lowest BCUT2D eigenvalue weighted by Crippen LogP contribution is -2.36. The van der Waals surface area contributed by atoms with E-state index >= 15 is 0 Å². The molecule has 74 valence electrons. The van der Waals surface area contributed by atoms with Crippen molar-refractivity contribution in [3.63, 3.8) is 0 Å². The van der Waals surface area contributed by atoms with Crippen LogP contribution in [0.3, 0.4) is 0 Å². The number of nitrogens with zero attached hydrogens (tertiary/aromatic N) is 1. The van der Waals surface area contributed by atoms with E-state index in [4.69, 9.17) is 11.6 Å². The van der Waals surface area contributed by atoms with Gasteiger partial charge in [0.1, 0.15) is 0 Å². The van der Waals surface area contributed by atoms with Gasteiger partial charge in [-0.15, -0.1) is 0 Å². The molecule has 1 saturated heterocycles. The first kappa shape index (κ1) is 9.30. The molecule has 2 rings (SSSR count). The van der Waals surface area contributed by atoms with Crippen molar-refractivity contribution in [1.82, 2.24) is 10.7 Å². The Morgan fingerprint density at radius 2 is 2.14 bits per heavy atom. The summed E-state index contributed by atoms with van der Waals surface area (Å²) < 4.78 is 0. The number of benzene rings is 1. The third-order valence-electron chi connectivity index (χ3n) is 1.96. The molecule has 1 unspecified atom stereocenters. The molecule has 1 aromatic carbocycles. The van der Waals surface area contributed by atoms with Crippen molar-refractivity contribution in [2.45, 2.75) is 13.1 Å². The molecule has 0 aliphatic carbocycles. The lowest BCUT2D eigenvalue weighted by molar-refractivity contribution is 0.251. The van der Waals surface area contributed by atoms with E-state index in [1.807, 2.05) is 19.1 Å². The van der Waals surface area contributed by atoms with Gasteiger partial charge in [0.2, 0.25) is 0 Å². The Hall–Kier alpha value is -1.26. The fraction of sp³-hybridized carbons (Fsp3) is 0.222. The fourth-order valence-electron chi connectivity index (χ4n) is 1.35. The predicted molar refractivity (Wildman–Crippen MR) is 55.1 cm³/mol. The van der Waals surface area contributed by atoms with E-state index in [1.165, 1.54) is 5.01 Å². The molecule has 2 amide bonds. The van der Waals surface area contributed by atoms with Gasteiger partial charge in [0, 0.05) is 0 Å². The molecule has 0 radical (unpaired) electrons. The van der Waals surface area contributed by atoms with Gasteiger partial charge in [0.05, 0.1) is 16.9 Å². The van der Waals surface area contributed by atoms with Crippen LogP contribution in [0, 0.1) is 0 Å². The zero-order valence-electron chi connectivity index (χ0n) is 7.62. The monoisotopic (exact) mass is 211 g/mol. The number of hydrogen-bond acceptors (Lipinski definition) is 2. The minimum Gasteiger partial charge on any atom is -0.320 e. The Bertz CT molecular complexity index is 369. The molecule has 1 aliphatic rings. The van der Waals surface area contributed by atoms with Crippen LogP contribution in [0.5, 0.6) is 0 Å². The Labute approximate surface area is 86.8 Å². The Morgan fingerprint density at radius 1 is 1.43 bits per heavy atom. The van der Waals surface area contributed by atoms with Crippen molar-refractivity contribution in [3.8, 4) is 0 Å². The minimum absolute atomic E-state index is 0.0706. The summed E-state index contributed by atoms with van der Waals surface area (Å²) in [5, 5.41) is 4.67. The smallest absolute Gasteiger partial charge is 0.320 e. The molecule has 2 N–H and O–H groups in total. The number of para-hydroxylation sites is 1.